The predicted octanol–water partition coefficient (Wildman–Crippen LogP) is 6.27. The van der Waals surface area contributed by atoms with Gasteiger partial charge in [-0.05, 0) is 59.3 Å². The van der Waals surface area contributed by atoms with Gasteiger partial charge in [0, 0.05) is 17.8 Å². The summed E-state index contributed by atoms with van der Waals surface area (Å²) in [6, 6.07) is 26.8. The second kappa shape index (κ2) is 12.6. The summed E-state index contributed by atoms with van der Waals surface area (Å²) in [4.78, 5) is 25.2. The Morgan fingerprint density at radius 2 is 1.68 bits per heavy atom. The number of hydrogen-bond donors (Lipinski definition) is 1. The molecule has 0 radical (unpaired) electrons. The summed E-state index contributed by atoms with van der Waals surface area (Å²) in [6.07, 6.45) is -0.805. The molecule has 2 unspecified atom stereocenters. The van der Waals surface area contributed by atoms with Gasteiger partial charge in [-0.25, -0.2) is 14.0 Å². The molecule has 206 valence electrons. The van der Waals surface area contributed by atoms with Gasteiger partial charge in [-0.3, -0.25) is 0 Å². The fraction of sp³-hybridized carbons (Fsp3) is 0.250. The van der Waals surface area contributed by atoms with E-state index in [4.69, 9.17) is 14.2 Å². The van der Waals surface area contributed by atoms with Crippen LogP contribution in [0, 0.1) is 5.82 Å². The summed E-state index contributed by atoms with van der Waals surface area (Å²) in [5.41, 5.74) is 2.26. The molecule has 0 saturated carbocycles. The monoisotopic (exact) mass is 543 g/mol. The average molecular weight is 544 g/mol. The number of nitrogens with zero attached hydrogens (tertiary/aromatic N) is 1. The first kappa shape index (κ1) is 27.1. The molecular weight excluding hydrogens is 513 g/mol. The molecule has 0 aromatic heterocycles. The molecule has 1 amide bonds. The Labute approximate surface area is 231 Å². The van der Waals surface area contributed by atoms with Crippen molar-refractivity contribution in [2.24, 2.45) is 0 Å². The largest absolute Gasteiger partial charge is 0.489 e. The highest BCUT2D eigenvalue weighted by atomic mass is 19.1. The van der Waals surface area contributed by atoms with Gasteiger partial charge < -0.3 is 24.2 Å². The molecule has 4 aromatic rings. The SMILES string of the molecule is O=C(OCCOc1cc(COC2CN(C(=O)O)CCC2c2ccc(F)cc2)cc2ccccc12)c1ccccc1. The molecule has 8 heteroatoms. The van der Waals surface area contributed by atoms with Gasteiger partial charge in [-0.15, -0.1) is 0 Å². The van der Waals surface area contributed by atoms with Gasteiger partial charge in [-0.2, -0.15) is 0 Å². The fourth-order valence-corrected chi connectivity index (χ4v) is 5.03. The highest BCUT2D eigenvalue weighted by Crippen LogP contribution is 2.33. The van der Waals surface area contributed by atoms with E-state index in [2.05, 4.69) is 0 Å². The minimum absolute atomic E-state index is 0.0633. The predicted molar refractivity (Wildman–Crippen MR) is 148 cm³/mol. The average Bonchev–Trinajstić information content (AvgIpc) is 2.98. The van der Waals surface area contributed by atoms with Crippen molar-refractivity contribution in [1.29, 1.82) is 0 Å². The summed E-state index contributed by atoms with van der Waals surface area (Å²) in [6.45, 7) is 1.12. The maximum atomic E-state index is 13.5. The van der Waals surface area contributed by atoms with Gasteiger partial charge in [0.25, 0.3) is 0 Å². The van der Waals surface area contributed by atoms with E-state index in [-0.39, 0.29) is 38.1 Å². The molecule has 1 heterocycles. The lowest BCUT2D eigenvalue weighted by Gasteiger charge is -2.37. The van der Waals surface area contributed by atoms with Gasteiger partial charge in [0.1, 0.15) is 24.8 Å². The molecule has 2 atom stereocenters. The number of carbonyl (C=O) groups excluding carboxylic acids is 1. The summed E-state index contributed by atoms with van der Waals surface area (Å²) in [5.74, 6) is -0.150. The van der Waals surface area contributed by atoms with Crippen LogP contribution in [0.3, 0.4) is 0 Å². The van der Waals surface area contributed by atoms with Crippen molar-refractivity contribution in [3.05, 3.63) is 114 Å². The van der Waals surface area contributed by atoms with Gasteiger partial charge in [-0.1, -0.05) is 54.6 Å². The number of likely N-dealkylation sites (tertiary alicyclic amines) is 1. The van der Waals surface area contributed by atoms with Crippen LogP contribution in [-0.4, -0.2) is 54.5 Å². The van der Waals surface area contributed by atoms with E-state index in [9.17, 15) is 19.1 Å². The number of esters is 1. The number of halogens is 1. The van der Waals surface area contributed by atoms with Gasteiger partial charge in [0.15, 0.2) is 0 Å². The Morgan fingerprint density at radius 3 is 2.45 bits per heavy atom. The number of rotatable bonds is 9. The number of carboxylic acid groups (broad SMARTS) is 1. The van der Waals surface area contributed by atoms with E-state index < -0.39 is 18.2 Å². The van der Waals surface area contributed by atoms with Crippen molar-refractivity contribution in [3.8, 4) is 5.75 Å². The van der Waals surface area contributed by atoms with Crippen LogP contribution < -0.4 is 4.74 Å². The first-order chi connectivity index (χ1) is 19.5. The minimum atomic E-state index is -0.986. The van der Waals surface area contributed by atoms with Crippen molar-refractivity contribution in [2.75, 3.05) is 26.3 Å². The minimum Gasteiger partial charge on any atom is -0.489 e. The molecule has 40 heavy (non-hydrogen) atoms. The quantitative estimate of drug-likeness (QED) is 0.198. The number of amides is 1. The topological polar surface area (TPSA) is 85.3 Å². The summed E-state index contributed by atoms with van der Waals surface area (Å²) >= 11 is 0. The molecule has 0 bridgehead atoms. The lowest BCUT2D eigenvalue weighted by molar-refractivity contribution is -0.0199. The molecule has 1 aliphatic rings. The number of fused-ring (bicyclic) bond motifs is 1. The summed E-state index contributed by atoms with van der Waals surface area (Å²) in [5, 5.41) is 11.4. The van der Waals surface area contributed by atoms with E-state index >= 15 is 0 Å². The van der Waals surface area contributed by atoms with Gasteiger partial charge in [0.05, 0.1) is 24.8 Å². The highest BCUT2D eigenvalue weighted by molar-refractivity contribution is 5.89. The summed E-state index contributed by atoms with van der Waals surface area (Å²) in [7, 11) is 0. The third-order valence-electron chi connectivity index (χ3n) is 7.06. The smallest absolute Gasteiger partial charge is 0.407 e. The first-order valence-corrected chi connectivity index (χ1v) is 13.2. The zero-order valence-electron chi connectivity index (χ0n) is 21.9. The van der Waals surface area contributed by atoms with E-state index in [0.29, 0.717) is 24.3 Å². The Balaban J connectivity index is 1.28. The maximum Gasteiger partial charge on any atom is 0.407 e. The lowest BCUT2D eigenvalue weighted by Crippen LogP contribution is -2.46. The van der Waals surface area contributed by atoms with Crippen molar-refractivity contribution in [2.45, 2.75) is 25.0 Å². The maximum absolute atomic E-state index is 13.5. The number of hydrogen-bond acceptors (Lipinski definition) is 5. The van der Waals surface area contributed by atoms with Crippen molar-refractivity contribution in [3.63, 3.8) is 0 Å². The van der Waals surface area contributed by atoms with Crippen LogP contribution >= 0.6 is 0 Å². The van der Waals surface area contributed by atoms with Crippen LogP contribution in [0.1, 0.15) is 33.8 Å². The number of piperidine rings is 1. The molecule has 1 N–H and O–H groups in total. The fourth-order valence-electron chi connectivity index (χ4n) is 5.03. The van der Waals surface area contributed by atoms with Crippen LogP contribution in [0.25, 0.3) is 10.8 Å². The van der Waals surface area contributed by atoms with Crippen molar-refractivity contribution < 1.29 is 33.3 Å². The number of benzene rings is 4. The normalized spacial score (nSPS) is 17.0. The molecule has 7 nitrogen and oxygen atoms in total. The summed E-state index contributed by atoms with van der Waals surface area (Å²) < 4.78 is 31.2. The van der Waals surface area contributed by atoms with Crippen molar-refractivity contribution in [1.82, 2.24) is 4.90 Å². The lowest BCUT2D eigenvalue weighted by atomic mass is 9.87. The van der Waals surface area contributed by atoms with Crippen molar-refractivity contribution >= 4 is 22.8 Å². The third-order valence-corrected chi connectivity index (χ3v) is 7.06. The molecule has 1 saturated heterocycles. The second-order valence-corrected chi connectivity index (χ2v) is 9.69. The molecule has 5 rings (SSSR count). The van der Waals surface area contributed by atoms with E-state index in [1.165, 1.54) is 17.0 Å². The third kappa shape index (κ3) is 6.58. The van der Waals surface area contributed by atoms with E-state index in [0.717, 1.165) is 21.9 Å². The Hall–Kier alpha value is -4.43. The zero-order valence-corrected chi connectivity index (χ0v) is 21.9. The molecule has 1 fully saturated rings. The van der Waals surface area contributed by atoms with Crippen LogP contribution in [0.15, 0.2) is 91.0 Å². The van der Waals surface area contributed by atoms with E-state index in [1.54, 1.807) is 36.4 Å². The molecule has 4 aromatic carbocycles. The van der Waals surface area contributed by atoms with Gasteiger partial charge in [0.2, 0.25) is 0 Å². The molecular formula is C32H30FNO6. The molecule has 0 aliphatic carbocycles. The Bertz CT molecular complexity index is 1460. The first-order valence-electron chi connectivity index (χ1n) is 13.2. The number of carbonyl (C=O) groups is 2. The Kier molecular flexibility index (Phi) is 8.56. The van der Waals surface area contributed by atoms with Crippen LogP contribution in [0.5, 0.6) is 5.75 Å². The van der Waals surface area contributed by atoms with E-state index in [1.807, 2.05) is 42.5 Å². The standard InChI is InChI=1S/C32H30FNO6/c33-26-12-10-23(11-13-26)28-14-15-34(32(36)37)20-30(28)40-21-22-18-25-8-4-5-9-27(25)29(19-22)38-16-17-39-31(35)24-6-2-1-3-7-24/h1-13,18-19,28,30H,14-17,20-21H2,(H,36,37). The highest BCUT2D eigenvalue weighted by Gasteiger charge is 2.33. The Morgan fingerprint density at radius 1 is 0.925 bits per heavy atom. The molecule has 1 aliphatic heterocycles. The van der Waals surface area contributed by atoms with Gasteiger partial charge >= 0.3 is 12.1 Å². The second-order valence-electron chi connectivity index (χ2n) is 9.69. The number of ether oxygens (including phenoxy) is 3. The van der Waals surface area contributed by atoms with Crippen LogP contribution in [0.2, 0.25) is 0 Å². The van der Waals surface area contributed by atoms with Crippen LogP contribution in [0.4, 0.5) is 9.18 Å². The zero-order chi connectivity index (χ0) is 27.9. The van der Waals surface area contributed by atoms with Crippen LogP contribution in [-0.2, 0) is 16.1 Å². The molecule has 0 spiro atoms.